The predicted molar refractivity (Wildman–Crippen MR) is 96.8 cm³/mol. The van der Waals surface area contributed by atoms with Gasteiger partial charge < -0.3 is 4.98 Å². The molecule has 7 heteroatoms. The second-order valence-corrected chi connectivity index (χ2v) is 6.72. The van der Waals surface area contributed by atoms with E-state index in [4.69, 9.17) is 12.2 Å². The molecule has 0 aliphatic carbocycles. The number of halogens is 2. The van der Waals surface area contributed by atoms with Gasteiger partial charge in [0, 0.05) is 55.3 Å². The van der Waals surface area contributed by atoms with Crippen molar-refractivity contribution in [3.63, 3.8) is 0 Å². The molecule has 0 radical (unpaired) electrons. The van der Waals surface area contributed by atoms with Crippen LogP contribution in [0, 0.1) is 16.4 Å². The minimum absolute atomic E-state index is 0.522. The highest BCUT2D eigenvalue weighted by Crippen LogP contribution is 2.21. The van der Waals surface area contributed by atoms with E-state index < -0.39 is 11.6 Å². The number of fused-ring (bicyclic) bond motifs is 1. The molecule has 1 aliphatic heterocycles. The molecule has 0 bridgehead atoms. The zero-order valence-corrected chi connectivity index (χ0v) is 14.7. The van der Waals surface area contributed by atoms with Crippen molar-refractivity contribution in [2.75, 3.05) is 6.54 Å². The SMILES string of the molecule is Fc1ccc(-c2ccc(CN3CCc4[nH]c(=S)ncc4C3)cn2)cc1F. The summed E-state index contributed by atoms with van der Waals surface area (Å²) >= 11 is 5.07. The molecule has 1 N–H and O–H groups in total. The van der Waals surface area contributed by atoms with Gasteiger partial charge in [0.1, 0.15) is 0 Å². The van der Waals surface area contributed by atoms with Crippen molar-refractivity contribution < 1.29 is 8.78 Å². The van der Waals surface area contributed by atoms with Crippen LogP contribution < -0.4 is 0 Å². The first-order valence-corrected chi connectivity index (χ1v) is 8.69. The first-order chi connectivity index (χ1) is 12.6. The monoisotopic (exact) mass is 370 g/mol. The summed E-state index contributed by atoms with van der Waals surface area (Å²) in [4.78, 5) is 14.0. The number of hydrogen-bond donors (Lipinski definition) is 1. The number of benzene rings is 1. The largest absolute Gasteiger partial charge is 0.334 e. The Bertz CT molecular complexity index is 1000. The van der Waals surface area contributed by atoms with Crippen LogP contribution in [0.1, 0.15) is 16.8 Å². The van der Waals surface area contributed by atoms with E-state index in [1.807, 2.05) is 18.3 Å². The average Bonchev–Trinajstić information content (AvgIpc) is 2.65. The van der Waals surface area contributed by atoms with Crippen LogP contribution in [0.25, 0.3) is 11.3 Å². The molecule has 0 fully saturated rings. The number of nitrogens with one attached hydrogen (secondary N) is 1. The molecule has 0 spiro atoms. The number of H-pyrrole nitrogens is 1. The molecular weight excluding hydrogens is 354 g/mol. The maximum Gasteiger partial charge on any atom is 0.196 e. The van der Waals surface area contributed by atoms with Gasteiger partial charge in [-0.3, -0.25) is 9.88 Å². The lowest BCUT2D eigenvalue weighted by atomic mass is 10.1. The first-order valence-electron chi connectivity index (χ1n) is 8.28. The third-order valence-electron chi connectivity index (χ3n) is 4.50. The number of aromatic nitrogens is 3. The number of nitrogens with zero attached hydrogens (tertiary/aromatic N) is 3. The number of pyridine rings is 1. The van der Waals surface area contributed by atoms with E-state index in [1.165, 1.54) is 6.07 Å². The Kier molecular flexibility index (Phi) is 4.57. The van der Waals surface area contributed by atoms with Gasteiger partial charge in [-0.05, 0) is 42.0 Å². The summed E-state index contributed by atoms with van der Waals surface area (Å²) in [5, 5.41) is 0. The van der Waals surface area contributed by atoms with Crippen molar-refractivity contribution in [3.05, 3.63) is 76.0 Å². The molecule has 132 valence electrons. The van der Waals surface area contributed by atoms with Crippen molar-refractivity contribution in [3.8, 4) is 11.3 Å². The predicted octanol–water partition coefficient (Wildman–Crippen LogP) is 4.04. The molecule has 1 aliphatic rings. The molecule has 3 aromatic rings. The van der Waals surface area contributed by atoms with Crippen molar-refractivity contribution in [2.24, 2.45) is 0 Å². The fourth-order valence-electron chi connectivity index (χ4n) is 3.14. The zero-order valence-electron chi connectivity index (χ0n) is 13.9. The van der Waals surface area contributed by atoms with Gasteiger partial charge in [0.2, 0.25) is 0 Å². The minimum Gasteiger partial charge on any atom is -0.334 e. The van der Waals surface area contributed by atoms with E-state index in [0.29, 0.717) is 16.0 Å². The Morgan fingerprint density at radius 2 is 1.96 bits per heavy atom. The van der Waals surface area contributed by atoms with Crippen molar-refractivity contribution in [1.29, 1.82) is 0 Å². The van der Waals surface area contributed by atoms with Gasteiger partial charge in [-0.2, -0.15) is 0 Å². The van der Waals surface area contributed by atoms with E-state index in [9.17, 15) is 8.78 Å². The molecule has 0 saturated carbocycles. The maximum atomic E-state index is 13.4. The molecule has 1 aromatic carbocycles. The normalized spacial score (nSPS) is 14.2. The van der Waals surface area contributed by atoms with Gasteiger partial charge in [0.05, 0.1) is 5.69 Å². The van der Waals surface area contributed by atoms with Crippen LogP contribution in [-0.4, -0.2) is 26.4 Å². The summed E-state index contributed by atoms with van der Waals surface area (Å²) in [6.07, 6.45) is 4.52. The van der Waals surface area contributed by atoms with Gasteiger partial charge in [-0.15, -0.1) is 0 Å². The molecule has 0 amide bonds. The summed E-state index contributed by atoms with van der Waals surface area (Å²) in [6, 6.07) is 7.61. The standard InChI is InChI=1S/C19H16F2N4S/c20-15-3-2-13(7-16(15)21)17-4-1-12(8-22-17)10-25-6-5-18-14(11-25)9-23-19(26)24-18/h1-4,7-9H,5-6,10-11H2,(H,23,24,26). The number of hydrogen-bond acceptors (Lipinski definition) is 4. The Hall–Kier alpha value is -2.51. The summed E-state index contributed by atoms with van der Waals surface area (Å²) in [5.74, 6) is -1.72. The lowest BCUT2D eigenvalue weighted by Gasteiger charge is -2.28. The minimum atomic E-state index is -0.868. The van der Waals surface area contributed by atoms with Crippen LogP contribution in [0.15, 0.2) is 42.7 Å². The quantitative estimate of drug-likeness (QED) is 0.707. The van der Waals surface area contributed by atoms with Gasteiger partial charge in [0.15, 0.2) is 16.4 Å². The summed E-state index contributed by atoms with van der Waals surface area (Å²) in [6.45, 7) is 2.49. The van der Waals surface area contributed by atoms with Crippen LogP contribution >= 0.6 is 12.2 Å². The average molecular weight is 370 g/mol. The Labute approximate surface area is 154 Å². The second kappa shape index (κ2) is 7.01. The van der Waals surface area contributed by atoms with Crippen molar-refractivity contribution >= 4 is 12.2 Å². The lowest BCUT2D eigenvalue weighted by Crippen LogP contribution is -2.30. The maximum absolute atomic E-state index is 13.4. The Balaban J connectivity index is 1.47. The molecule has 0 saturated heterocycles. The third kappa shape index (κ3) is 3.54. The topological polar surface area (TPSA) is 44.8 Å². The Morgan fingerprint density at radius 3 is 2.73 bits per heavy atom. The van der Waals surface area contributed by atoms with Gasteiger partial charge >= 0.3 is 0 Å². The molecule has 4 nitrogen and oxygen atoms in total. The van der Waals surface area contributed by atoms with E-state index in [2.05, 4.69) is 19.9 Å². The molecule has 26 heavy (non-hydrogen) atoms. The van der Waals surface area contributed by atoms with Crippen LogP contribution in [0.2, 0.25) is 0 Å². The van der Waals surface area contributed by atoms with E-state index in [1.54, 1.807) is 6.20 Å². The summed E-state index contributed by atoms with van der Waals surface area (Å²) in [5.41, 5.74) is 4.57. The highest BCUT2D eigenvalue weighted by atomic mass is 32.1. The zero-order chi connectivity index (χ0) is 18.1. The molecular formula is C19H16F2N4S. The lowest BCUT2D eigenvalue weighted by molar-refractivity contribution is 0.242. The van der Waals surface area contributed by atoms with Crippen LogP contribution in [0.3, 0.4) is 0 Å². The molecule has 4 rings (SSSR count). The van der Waals surface area contributed by atoms with Crippen LogP contribution in [0.5, 0.6) is 0 Å². The highest BCUT2D eigenvalue weighted by Gasteiger charge is 2.17. The molecule has 0 atom stereocenters. The van der Waals surface area contributed by atoms with E-state index >= 15 is 0 Å². The highest BCUT2D eigenvalue weighted by molar-refractivity contribution is 7.71. The van der Waals surface area contributed by atoms with Gasteiger partial charge in [-0.25, -0.2) is 13.8 Å². The van der Waals surface area contributed by atoms with E-state index in [0.717, 1.165) is 55.0 Å². The third-order valence-corrected chi connectivity index (χ3v) is 4.71. The van der Waals surface area contributed by atoms with Crippen molar-refractivity contribution in [1.82, 2.24) is 19.9 Å². The molecule has 3 heterocycles. The fraction of sp³-hybridized carbons (Fsp3) is 0.211. The summed E-state index contributed by atoms with van der Waals surface area (Å²) < 4.78 is 27.0. The number of aromatic amines is 1. The Morgan fingerprint density at radius 1 is 1.08 bits per heavy atom. The second-order valence-electron chi connectivity index (χ2n) is 6.33. The van der Waals surface area contributed by atoms with Crippen LogP contribution in [0.4, 0.5) is 8.78 Å². The van der Waals surface area contributed by atoms with Crippen LogP contribution in [-0.2, 0) is 19.5 Å². The van der Waals surface area contributed by atoms with E-state index in [-0.39, 0.29) is 0 Å². The number of rotatable bonds is 3. The van der Waals surface area contributed by atoms with Gasteiger partial charge in [0.25, 0.3) is 0 Å². The molecule has 2 aromatic heterocycles. The molecule has 0 unspecified atom stereocenters. The van der Waals surface area contributed by atoms with Crippen molar-refractivity contribution in [2.45, 2.75) is 19.5 Å². The smallest absolute Gasteiger partial charge is 0.196 e. The fourth-order valence-corrected chi connectivity index (χ4v) is 3.32. The first kappa shape index (κ1) is 16.9. The van der Waals surface area contributed by atoms with Gasteiger partial charge in [-0.1, -0.05) is 6.07 Å². The summed E-state index contributed by atoms with van der Waals surface area (Å²) in [7, 11) is 0.